The first-order chi connectivity index (χ1) is 17.9. The highest BCUT2D eigenvalue weighted by Gasteiger charge is 2.38. The number of hydrazine groups is 1. The fourth-order valence-corrected chi connectivity index (χ4v) is 5.88. The van der Waals surface area contributed by atoms with Crippen LogP contribution in [0.1, 0.15) is 56.4 Å². The first kappa shape index (κ1) is 25.1. The highest BCUT2D eigenvalue weighted by atomic mass is 32.1. The number of thiazole rings is 1. The number of nitrogens with one attached hydrogen (secondary N) is 2. The summed E-state index contributed by atoms with van der Waals surface area (Å²) in [5.74, 6) is -1.14. The van der Waals surface area contributed by atoms with E-state index in [-0.39, 0.29) is 24.3 Å². The van der Waals surface area contributed by atoms with Gasteiger partial charge in [0.05, 0.1) is 16.6 Å². The molecular formula is C28H31N5O3S. The van der Waals surface area contributed by atoms with Gasteiger partial charge in [0.1, 0.15) is 10.9 Å². The summed E-state index contributed by atoms with van der Waals surface area (Å²) in [4.78, 5) is 44.5. The van der Waals surface area contributed by atoms with E-state index in [1.165, 1.54) is 11.3 Å². The minimum Gasteiger partial charge on any atom is -0.350 e. The summed E-state index contributed by atoms with van der Waals surface area (Å²) >= 11 is 1.38. The van der Waals surface area contributed by atoms with Crippen LogP contribution in [0, 0.1) is 12.8 Å². The van der Waals surface area contributed by atoms with Gasteiger partial charge in [-0.1, -0.05) is 61.5 Å². The zero-order valence-electron chi connectivity index (χ0n) is 21.1. The highest BCUT2D eigenvalue weighted by molar-refractivity contribution is 7.13. The zero-order valence-corrected chi connectivity index (χ0v) is 21.9. The monoisotopic (exact) mass is 517 g/mol. The standard InChI is InChI=1S/C28H31N5O3S/c1-18(16-29-27(35)25-19(2)30-23(37-25)15-20-9-4-3-5-10-20)26(34)31-24-22-12-7-6-11-21(22)17-32-13-8-14-33(32)28(24)36/h3-7,9-12,18,24H,8,13-17H2,1-2H3,(H,29,35)(H,31,34)/t18?,24-/m0/s1. The summed E-state index contributed by atoms with van der Waals surface area (Å²) in [7, 11) is 0. The van der Waals surface area contributed by atoms with Crippen LogP contribution >= 0.6 is 11.3 Å². The maximum absolute atomic E-state index is 13.4. The minimum atomic E-state index is -0.741. The number of rotatable bonds is 7. The summed E-state index contributed by atoms with van der Waals surface area (Å²) in [6.07, 6.45) is 1.59. The molecular weight excluding hydrogens is 486 g/mol. The molecule has 0 radical (unpaired) electrons. The molecule has 0 bridgehead atoms. The Balaban J connectivity index is 1.22. The van der Waals surface area contributed by atoms with Crippen LogP contribution in [0.3, 0.4) is 0 Å². The van der Waals surface area contributed by atoms with E-state index in [0.29, 0.717) is 30.1 Å². The lowest BCUT2D eigenvalue weighted by Gasteiger charge is -2.28. The number of aromatic nitrogens is 1. The molecule has 8 nitrogen and oxygen atoms in total. The second kappa shape index (κ2) is 10.8. The van der Waals surface area contributed by atoms with Gasteiger partial charge < -0.3 is 10.6 Å². The van der Waals surface area contributed by atoms with Crippen molar-refractivity contribution >= 4 is 29.1 Å². The van der Waals surface area contributed by atoms with Crippen molar-refractivity contribution in [1.82, 2.24) is 25.6 Å². The molecule has 2 N–H and O–H groups in total. The Kier molecular flexibility index (Phi) is 7.34. The van der Waals surface area contributed by atoms with E-state index >= 15 is 0 Å². The van der Waals surface area contributed by atoms with Crippen molar-refractivity contribution in [1.29, 1.82) is 0 Å². The molecule has 2 aromatic carbocycles. The Hall–Kier alpha value is -3.56. The molecule has 1 fully saturated rings. The number of carbonyl (C=O) groups is 3. The highest BCUT2D eigenvalue weighted by Crippen LogP contribution is 2.30. The third-order valence-electron chi connectivity index (χ3n) is 6.90. The third-order valence-corrected chi connectivity index (χ3v) is 8.05. The third kappa shape index (κ3) is 5.42. The summed E-state index contributed by atoms with van der Waals surface area (Å²) < 4.78 is 0. The molecule has 5 rings (SSSR count). The summed E-state index contributed by atoms with van der Waals surface area (Å²) in [5, 5.41) is 10.5. The van der Waals surface area contributed by atoms with Crippen LogP contribution in [0.2, 0.25) is 0 Å². The van der Waals surface area contributed by atoms with Gasteiger partial charge in [0.2, 0.25) is 5.91 Å². The van der Waals surface area contributed by atoms with Gasteiger partial charge in [-0.05, 0) is 30.0 Å². The SMILES string of the molecule is Cc1nc(Cc2ccccc2)sc1C(=O)NCC(C)C(=O)N[C@@H]1C(=O)N2CCCN2Cc2ccccc21. The Morgan fingerprint density at radius 3 is 2.68 bits per heavy atom. The molecule has 1 saturated heterocycles. The minimum absolute atomic E-state index is 0.113. The van der Waals surface area contributed by atoms with Gasteiger partial charge >= 0.3 is 0 Å². The fraction of sp³-hybridized carbons (Fsp3) is 0.357. The molecule has 2 aliphatic heterocycles. The van der Waals surface area contributed by atoms with E-state index in [2.05, 4.69) is 20.6 Å². The number of hydrogen-bond acceptors (Lipinski definition) is 6. The van der Waals surface area contributed by atoms with Gasteiger partial charge in [0.25, 0.3) is 11.8 Å². The van der Waals surface area contributed by atoms with E-state index in [4.69, 9.17) is 0 Å². The molecule has 1 aromatic heterocycles. The summed E-state index contributed by atoms with van der Waals surface area (Å²) in [6, 6.07) is 17.0. The van der Waals surface area contributed by atoms with Crippen molar-refractivity contribution in [2.45, 2.75) is 39.3 Å². The molecule has 37 heavy (non-hydrogen) atoms. The van der Waals surface area contributed by atoms with Crippen LogP contribution in [-0.2, 0) is 22.6 Å². The Labute approximate surface area is 220 Å². The van der Waals surface area contributed by atoms with Crippen molar-refractivity contribution < 1.29 is 14.4 Å². The van der Waals surface area contributed by atoms with Gasteiger partial charge in [0.15, 0.2) is 0 Å². The molecule has 192 valence electrons. The van der Waals surface area contributed by atoms with E-state index in [1.807, 2.05) is 61.5 Å². The maximum atomic E-state index is 13.4. The van der Waals surface area contributed by atoms with Crippen molar-refractivity contribution in [2.24, 2.45) is 5.92 Å². The Bertz CT molecular complexity index is 1310. The molecule has 2 aliphatic rings. The second-order valence-electron chi connectivity index (χ2n) is 9.64. The van der Waals surface area contributed by atoms with Crippen LogP contribution in [0.4, 0.5) is 0 Å². The predicted molar refractivity (Wildman–Crippen MR) is 142 cm³/mol. The molecule has 0 spiro atoms. The van der Waals surface area contributed by atoms with Crippen molar-refractivity contribution in [3.8, 4) is 0 Å². The summed E-state index contributed by atoms with van der Waals surface area (Å²) in [5.41, 5.74) is 3.69. The molecule has 1 unspecified atom stereocenters. The number of fused-ring (bicyclic) bond motifs is 2. The lowest BCUT2D eigenvalue weighted by Crippen LogP contribution is -2.47. The van der Waals surface area contributed by atoms with Crippen molar-refractivity contribution in [3.63, 3.8) is 0 Å². The van der Waals surface area contributed by atoms with Crippen molar-refractivity contribution in [2.75, 3.05) is 19.6 Å². The number of carbonyl (C=O) groups excluding carboxylic acids is 3. The Morgan fingerprint density at radius 1 is 1.11 bits per heavy atom. The molecule has 0 saturated carbocycles. The summed E-state index contributed by atoms with van der Waals surface area (Å²) in [6.45, 7) is 5.88. The second-order valence-corrected chi connectivity index (χ2v) is 10.7. The number of amides is 3. The molecule has 3 amide bonds. The Morgan fingerprint density at radius 2 is 1.86 bits per heavy atom. The van der Waals surface area contributed by atoms with Gasteiger partial charge in [-0.2, -0.15) is 0 Å². The lowest BCUT2D eigenvalue weighted by atomic mass is 9.99. The number of nitrogens with zero attached hydrogens (tertiary/aromatic N) is 3. The average Bonchev–Trinajstić information content (AvgIpc) is 3.49. The first-order valence-electron chi connectivity index (χ1n) is 12.6. The maximum Gasteiger partial charge on any atom is 0.264 e. The molecule has 0 aliphatic carbocycles. The van der Waals surface area contributed by atoms with E-state index < -0.39 is 12.0 Å². The fourth-order valence-electron chi connectivity index (χ4n) is 4.87. The number of aryl methyl sites for hydroxylation is 1. The lowest BCUT2D eigenvalue weighted by molar-refractivity contribution is -0.148. The van der Waals surface area contributed by atoms with Crippen LogP contribution in [0.15, 0.2) is 54.6 Å². The molecule has 3 aromatic rings. The smallest absolute Gasteiger partial charge is 0.264 e. The van der Waals surface area contributed by atoms with Crippen LogP contribution in [0.25, 0.3) is 0 Å². The normalized spacial score (nSPS) is 18.1. The predicted octanol–water partition coefficient (Wildman–Crippen LogP) is 3.23. The quantitative estimate of drug-likeness (QED) is 0.502. The molecule has 9 heteroatoms. The van der Waals surface area contributed by atoms with Gasteiger partial charge in [-0.15, -0.1) is 11.3 Å². The first-order valence-corrected chi connectivity index (χ1v) is 13.4. The van der Waals surface area contributed by atoms with E-state index in [1.54, 1.807) is 11.9 Å². The zero-order chi connectivity index (χ0) is 25.9. The van der Waals surface area contributed by atoms with Crippen LogP contribution < -0.4 is 10.6 Å². The number of benzene rings is 2. The van der Waals surface area contributed by atoms with Crippen molar-refractivity contribution in [3.05, 3.63) is 86.9 Å². The van der Waals surface area contributed by atoms with E-state index in [0.717, 1.165) is 34.7 Å². The topological polar surface area (TPSA) is 94.6 Å². The molecule has 3 heterocycles. The largest absolute Gasteiger partial charge is 0.350 e. The van der Waals surface area contributed by atoms with Crippen LogP contribution in [0.5, 0.6) is 0 Å². The average molecular weight is 518 g/mol. The van der Waals surface area contributed by atoms with Gasteiger partial charge in [-0.25, -0.2) is 9.99 Å². The molecule has 2 atom stereocenters. The van der Waals surface area contributed by atoms with E-state index in [9.17, 15) is 14.4 Å². The number of hydrogen-bond donors (Lipinski definition) is 2. The van der Waals surface area contributed by atoms with Crippen LogP contribution in [-0.4, -0.2) is 52.4 Å². The van der Waals surface area contributed by atoms with Gasteiger partial charge in [-0.3, -0.25) is 19.4 Å². The van der Waals surface area contributed by atoms with Gasteiger partial charge in [0, 0.05) is 32.6 Å².